The van der Waals surface area contributed by atoms with Gasteiger partial charge in [0.1, 0.15) is 0 Å². The molecule has 1 aliphatic heterocycles. The second-order valence-electron chi connectivity index (χ2n) is 9.26. The summed E-state index contributed by atoms with van der Waals surface area (Å²) in [5.41, 5.74) is 5.29. The van der Waals surface area contributed by atoms with E-state index in [0.29, 0.717) is 12.2 Å². The van der Waals surface area contributed by atoms with Gasteiger partial charge in [-0.05, 0) is 47.4 Å². The number of rotatable bonds is 4. The Balaban J connectivity index is 1.58. The molecule has 1 unspecified atom stereocenters. The van der Waals surface area contributed by atoms with Crippen LogP contribution in [0, 0.1) is 0 Å². The lowest BCUT2D eigenvalue weighted by Crippen LogP contribution is -2.43. The van der Waals surface area contributed by atoms with Crippen LogP contribution in [0.5, 0.6) is 0 Å². The van der Waals surface area contributed by atoms with Crippen LogP contribution in [-0.2, 0) is 15.0 Å². The van der Waals surface area contributed by atoms with Crippen LogP contribution in [0.3, 0.4) is 0 Å². The summed E-state index contributed by atoms with van der Waals surface area (Å²) in [6.45, 7) is 7.09. The maximum atomic E-state index is 13.0. The summed E-state index contributed by atoms with van der Waals surface area (Å²) in [5, 5.41) is 4.92. The van der Waals surface area contributed by atoms with Gasteiger partial charge < -0.3 is 4.74 Å². The van der Waals surface area contributed by atoms with Gasteiger partial charge in [0.25, 0.3) is 5.91 Å². The molecule has 33 heavy (non-hydrogen) atoms. The fraction of sp³-hybridized carbons (Fsp3) is 0.333. The molecule has 0 bridgehead atoms. The van der Waals surface area contributed by atoms with Crippen LogP contribution >= 0.6 is 0 Å². The average Bonchev–Trinajstić information content (AvgIpc) is 2.83. The van der Waals surface area contributed by atoms with E-state index >= 15 is 0 Å². The van der Waals surface area contributed by atoms with E-state index in [1.54, 1.807) is 0 Å². The monoisotopic (exact) mass is 445 g/mol. The smallest absolute Gasteiger partial charge is 0.258 e. The maximum absolute atomic E-state index is 13.0. The highest BCUT2D eigenvalue weighted by atomic mass is 16.8. The molecule has 6 nitrogen and oxygen atoms in total. The minimum Gasteiger partial charge on any atom is -0.350 e. The number of amides is 1. The molecule has 0 spiro atoms. The van der Waals surface area contributed by atoms with Gasteiger partial charge in [0.15, 0.2) is 6.29 Å². The van der Waals surface area contributed by atoms with Gasteiger partial charge in [0.2, 0.25) is 5.96 Å². The number of nitrogens with zero attached hydrogens (tertiary/aromatic N) is 1. The predicted molar refractivity (Wildman–Crippen MR) is 131 cm³/mol. The number of carbonyl (C=O) groups is 1. The fourth-order valence-corrected chi connectivity index (χ4v) is 3.73. The van der Waals surface area contributed by atoms with E-state index in [4.69, 9.17) is 9.57 Å². The zero-order chi connectivity index (χ0) is 23.3. The second kappa shape index (κ2) is 10.1. The molecule has 2 N–H and O–H groups in total. The fourth-order valence-electron chi connectivity index (χ4n) is 3.73. The Labute approximate surface area is 195 Å². The van der Waals surface area contributed by atoms with E-state index in [-0.39, 0.29) is 23.6 Å². The third-order valence-corrected chi connectivity index (χ3v) is 5.67. The molecule has 1 heterocycles. The summed E-state index contributed by atoms with van der Waals surface area (Å²) in [7, 11) is 0. The zero-order valence-electron chi connectivity index (χ0n) is 19.4. The average molecular weight is 446 g/mol. The molecule has 0 aromatic heterocycles. The lowest BCUT2D eigenvalue weighted by atomic mass is 9.87. The largest absolute Gasteiger partial charge is 0.350 e. The number of benzene rings is 3. The zero-order valence-corrected chi connectivity index (χ0v) is 19.4. The Morgan fingerprint density at radius 1 is 1.00 bits per heavy atom. The van der Waals surface area contributed by atoms with E-state index in [1.807, 2.05) is 66.7 Å². The van der Waals surface area contributed by atoms with Gasteiger partial charge in [-0.1, -0.05) is 69.3 Å². The van der Waals surface area contributed by atoms with Gasteiger partial charge in [-0.15, -0.1) is 0 Å². The Morgan fingerprint density at radius 2 is 1.76 bits per heavy atom. The van der Waals surface area contributed by atoms with Crippen LogP contribution in [-0.4, -0.2) is 24.8 Å². The Hall–Kier alpha value is -3.22. The third kappa shape index (κ3) is 5.97. The van der Waals surface area contributed by atoms with Gasteiger partial charge in [0, 0.05) is 24.0 Å². The highest BCUT2D eigenvalue weighted by Crippen LogP contribution is 2.26. The Morgan fingerprint density at radius 3 is 2.48 bits per heavy atom. The molecule has 1 fully saturated rings. The summed E-state index contributed by atoms with van der Waals surface area (Å²) in [6, 6.07) is 21.5. The first kappa shape index (κ1) is 23.0. The van der Waals surface area contributed by atoms with Crippen LogP contribution in [0.4, 0.5) is 5.69 Å². The lowest BCUT2D eigenvalue weighted by molar-refractivity contribution is -0.183. The highest BCUT2D eigenvalue weighted by molar-refractivity contribution is 6.07. The topological polar surface area (TPSA) is 72.0 Å². The Kier molecular flexibility index (Phi) is 7.06. The van der Waals surface area contributed by atoms with Crippen molar-refractivity contribution in [1.29, 1.82) is 0 Å². The van der Waals surface area contributed by atoms with Gasteiger partial charge in [-0.25, -0.2) is 15.3 Å². The van der Waals surface area contributed by atoms with Crippen molar-refractivity contribution >= 4 is 28.3 Å². The predicted octanol–water partition coefficient (Wildman–Crippen LogP) is 5.60. The first-order chi connectivity index (χ1) is 15.9. The first-order valence-corrected chi connectivity index (χ1v) is 11.4. The van der Waals surface area contributed by atoms with Crippen molar-refractivity contribution in [3.05, 3.63) is 77.9 Å². The van der Waals surface area contributed by atoms with Gasteiger partial charge >= 0.3 is 0 Å². The number of guanidine groups is 1. The van der Waals surface area contributed by atoms with Crippen LogP contribution in [0.1, 0.15) is 56.0 Å². The number of aliphatic imine (C=N–C) groups is 1. The standard InChI is InChI=1S/C27H31N3O3/c1-27(2,3)21-16-14-20(15-17-21)25(31)29-26(30-33-24-13-6-7-18-32-24)28-23-12-8-10-19-9-4-5-11-22(19)23/h4-5,8-12,14-17,24H,6-7,13,18H2,1-3H3,(H2,28,29,30,31). The number of fused-ring (bicyclic) bond motifs is 1. The lowest BCUT2D eigenvalue weighted by Gasteiger charge is -2.23. The third-order valence-electron chi connectivity index (χ3n) is 5.67. The molecule has 3 aromatic carbocycles. The quantitative estimate of drug-likeness (QED) is 0.311. The minimum absolute atomic E-state index is 0.0192. The van der Waals surface area contributed by atoms with E-state index in [0.717, 1.165) is 35.7 Å². The molecule has 1 amide bonds. The molecule has 3 aromatic rings. The normalized spacial score (nSPS) is 17.1. The van der Waals surface area contributed by atoms with E-state index in [1.165, 1.54) is 5.56 Å². The van der Waals surface area contributed by atoms with Gasteiger partial charge in [-0.3, -0.25) is 10.1 Å². The molecule has 0 saturated carbocycles. The minimum atomic E-state index is -0.376. The van der Waals surface area contributed by atoms with Crippen molar-refractivity contribution in [2.45, 2.75) is 51.7 Å². The number of hydrogen-bond acceptors (Lipinski definition) is 4. The molecular weight excluding hydrogens is 414 g/mol. The molecule has 1 atom stereocenters. The number of nitrogens with one attached hydrogen (secondary N) is 2. The van der Waals surface area contributed by atoms with Crippen LogP contribution < -0.4 is 10.8 Å². The molecule has 4 rings (SSSR count). The molecule has 6 heteroatoms. The summed E-state index contributed by atoms with van der Waals surface area (Å²) in [5.74, 6) is -0.0551. The van der Waals surface area contributed by atoms with Crippen LogP contribution in [0.15, 0.2) is 71.7 Å². The molecular formula is C27H31N3O3. The van der Waals surface area contributed by atoms with Gasteiger partial charge in [-0.2, -0.15) is 0 Å². The van der Waals surface area contributed by atoms with Crippen molar-refractivity contribution in [1.82, 2.24) is 10.8 Å². The van der Waals surface area contributed by atoms with Crippen molar-refractivity contribution in [2.75, 3.05) is 6.61 Å². The molecule has 172 valence electrons. The number of carbonyl (C=O) groups excluding carboxylic acids is 1. The van der Waals surface area contributed by atoms with E-state index < -0.39 is 0 Å². The summed E-state index contributed by atoms with van der Waals surface area (Å²) >= 11 is 0. The second-order valence-corrected chi connectivity index (χ2v) is 9.26. The molecule has 0 radical (unpaired) electrons. The van der Waals surface area contributed by atoms with E-state index in [2.05, 4.69) is 36.6 Å². The van der Waals surface area contributed by atoms with E-state index in [9.17, 15) is 4.79 Å². The molecule has 1 aliphatic rings. The molecule has 0 aliphatic carbocycles. The van der Waals surface area contributed by atoms with Crippen molar-refractivity contribution in [3.8, 4) is 0 Å². The first-order valence-electron chi connectivity index (χ1n) is 11.4. The van der Waals surface area contributed by atoms with Gasteiger partial charge in [0.05, 0.1) is 5.69 Å². The number of hydroxylamine groups is 1. The van der Waals surface area contributed by atoms with Crippen LogP contribution in [0.2, 0.25) is 0 Å². The number of ether oxygens (including phenoxy) is 1. The van der Waals surface area contributed by atoms with Crippen LogP contribution in [0.25, 0.3) is 10.8 Å². The Bertz CT molecular complexity index is 1120. The SMILES string of the molecule is CC(C)(C)c1ccc(C(=O)NC(=Nc2cccc3ccccc23)NOC2CCCCO2)cc1. The summed E-state index contributed by atoms with van der Waals surface area (Å²) in [4.78, 5) is 23.4. The van der Waals surface area contributed by atoms with Crippen molar-refractivity contribution in [2.24, 2.45) is 4.99 Å². The van der Waals surface area contributed by atoms with Crippen molar-refractivity contribution in [3.63, 3.8) is 0 Å². The highest BCUT2D eigenvalue weighted by Gasteiger charge is 2.18. The summed E-state index contributed by atoms with van der Waals surface area (Å²) in [6.07, 6.45) is 2.48. The van der Waals surface area contributed by atoms with Crippen molar-refractivity contribution < 1.29 is 14.4 Å². The maximum Gasteiger partial charge on any atom is 0.258 e. The summed E-state index contributed by atoms with van der Waals surface area (Å²) < 4.78 is 5.63. The number of hydrogen-bond donors (Lipinski definition) is 2. The molecule has 1 saturated heterocycles.